The van der Waals surface area contributed by atoms with E-state index in [0.29, 0.717) is 17.4 Å². The molecule has 0 aliphatic rings. The second kappa shape index (κ2) is 8.23. The standard InChI is InChI=1S/C22H19N5O4/c1-14-11-20(23-19-6-4-3-5-18(14)19)26-21(12-15(2)25-26)24-22(28)13-31-17-9-7-16(8-10-17)27(29)30/h3-12H,13H2,1-2H3,(H,24,28). The van der Waals surface area contributed by atoms with Crippen LogP contribution in [0.3, 0.4) is 0 Å². The van der Waals surface area contributed by atoms with Crippen LogP contribution in [-0.4, -0.2) is 32.2 Å². The first-order chi connectivity index (χ1) is 14.9. The van der Waals surface area contributed by atoms with Crippen LogP contribution in [-0.2, 0) is 4.79 Å². The number of aromatic nitrogens is 3. The smallest absolute Gasteiger partial charge is 0.269 e. The molecular formula is C22H19N5O4. The number of para-hydroxylation sites is 1. The van der Waals surface area contributed by atoms with Gasteiger partial charge in [-0.15, -0.1) is 0 Å². The third-order valence-corrected chi connectivity index (χ3v) is 4.64. The van der Waals surface area contributed by atoms with Crippen LogP contribution in [0.25, 0.3) is 16.7 Å². The number of nitrogens with zero attached hydrogens (tertiary/aromatic N) is 4. The Morgan fingerprint density at radius 1 is 1.13 bits per heavy atom. The Bertz CT molecular complexity index is 1280. The van der Waals surface area contributed by atoms with Gasteiger partial charge in [0.05, 0.1) is 16.1 Å². The highest BCUT2D eigenvalue weighted by atomic mass is 16.6. The number of carbonyl (C=O) groups excluding carboxylic acids is 1. The predicted octanol–water partition coefficient (Wildman–Crippen LogP) is 3.96. The molecule has 31 heavy (non-hydrogen) atoms. The SMILES string of the molecule is Cc1cc(NC(=O)COc2ccc([N+](=O)[O-])cc2)n(-c2cc(C)c3ccccc3n2)n1. The summed E-state index contributed by atoms with van der Waals surface area (Å²) in [5.41, 5.74) is 2.56. The number of amides is 1. The number of non-ortho nitro benzene ring substituents is 1. The lowest BCUT2D eigenvalue weighted by atomic mass is 10.1. The van der Waals surface area contributed by atoms with Gasteiger partial charge < -0.3 is 10.1 Å². The van der Waals surface area contributed by atoms with E-state index in [1.54, 1.807) is 10.7 Å². The summed E-state index contributed by atoms with van der Waals surface area (Å²) in [4.78, 5) is 27.3. The molecule has 156 valence electrons. The van der Waals surface area contributed by atoms with Gasteiger partial charge in [-0.2, -0.15) is 9.78 Å². The number of fused-ring (bicyclic) bond motifs is 1. The summed E-state index contributed by atoms with van der Waals surface area (Å²) in [5.74, 6) is 1.03. The fourth-order valence-corrected chi connectivity index (χ4v) is 3.20. The molecule has 0 fully saturated rings. The van der Waals surface area contributed by atoms with Crippen LogP contribution in [0, 0.1) is 24.0 Å². The Morgan fingerprint density at radius 2 is 1.87 bits per heavy atom. The molecule has 2 heterocycles. The van der Waals surface area contributed by atoms with Gasteiger partial charge in [-0.05, 0) is 43.7 Å². The Balaban J connectivity index is 1.51. The van der Waals surface area contributed by atoms with Crippen molar-refractivity contribution in [3.05, 3.63) is 82.0 Å². The number of pyridine rings is 1. The third kappa shape index (κ3) is 4.35. The third-order valence-electron chi connectivity index (χ3n) is 4.64. The maximum atomic E-state index is 12.4. The van der Waals surface area contributed by atoms with Crippen LogP contribution in [0.15, 0.2) is 60.7 Å². The van der Waals surface area contributed by atoms with Crippen molar-refractivity contribution in [1.82, 2.24) is 14.8 Å². The summed E-state index contributed by atoms with van der Waals surface area (Å²) < 4.78 is 7.01. The molecule has 0 unspecified atom stereocenters. The molecule has 0 aliphatic heterocycles. The van der Waals surface area contributed by atoms with Crippen LogP contribution < -0.4 is 10.1 Å². The molecule has 0 saturated heterocycles. The lowest BCUT2D eigenvalue weighted by Gasteiger charge is -2.11. The van der Waals surface area contributed by atoms with E-state index in [4.69, 9.17) is 4.74 Å². The number of hydrogen-bond donors (Lipinski definition) is 1. The first-order valence-electron chi connectivity index (χ1n) is 9.51. The predicted molar refractivity (Wildman–Crippen MR) is 116 cm³/mol. The molecule has 9 nitrogen and oxygen atoms in total. The van der Waals surface area contributed by atoms with Crippen molar-refractivity contribution in [2.24, 2.45) is 0 Å². The van der Waals surface area contributed by atoms with Crippen LogP contribution in [0.4, 0.5) is 11.5 Å². The minimum Gasteiger partial charge on any atom is -0.484 e. The molecule has 4 aromatic rings. The van der Waals surface area contributed by atoms with Crippen LogP contribution >= 0.6 is 0 Å². The van der Waals surface area contributed by atoms with E-state index in [0.717, 1.165) is 22.2 Å². The Hall–Kier alpha value is -4.27. The summed E-state index contributed by atoms with van der Waals surface area (Å²) >= 11 is 0. The van der Waals surface area contributed by atoms with Gasteiger partial charge in [-0.3, -0.25) is 14.9 Å². The zero-order valence-electron chi connectivity index (χ0n) is 16.9. The Morgan fingerprint density at radius 3 is 2.61 bits per heavy atom. The average molecular weight is 417 g/mol. The lowest BCUT2D eigenvalue weighted by molar-refractivity contribution is -0.384. The van der Waals surface area contributed by atoms with Crippen LogP contribution in [0.2, 0.25) is 0 Å². The summed E-state index contributed by atoms with van der Waals surface area (Å²) in [6, 6.07) is 17.0. The van der Waals surface area contributed by atoms with E-state index < -0.39 is 10.8 Å². The van der Waals surface area contributed by atoms with Crippen molar-refractivity contribution in [3.63, 3.8) is 0 Å². The fourth-order valence-electron chi connectivity index (χ4n) is 3.20. The quantitative estimate of drug-likeness (QED) is 0.375. The highest BCUT2D eigenvalue weighted by molar-refractivity contribution is 5.91. The molecule has 0 aliphatic carbocycles. The van der Waals surface area contributed by atoms with Crippen molar-refractivity contribution >= 4 is 28.3 Å². The van der Waals surface area contributed by atoms with Crippen molar-refractivity contribution in [2.75, 3.05) is 11.9 Å². The number of carbonyl (C=O) groups is 1. The van der Waals surface area contributed by atoms with Crippen molar-refractivity contribution in [1.29, 1.82) is 0 Å². The number of benzene rings is 2. The molecule has 9 heteroatoms. The summed E-state index contributed by atoms with van der Waals surface area (Å²) in [6.45, 7) is 3.57. The molecule has 4 rings (SSSR count). The Labute approximate surface area is 177 Å². The second-order valence-corrected chi connectivity index (χ2v) is 6.99. The molecule has 0 atom stereocenters. The maximum absolute atomic E-state index is 12.4. The number of rotatable bonds is 6. The van der Waals surface area contributed by atoms with Gasteiger partial charge in [-0.1, -0.05) is 18.2 Å². The molecule has 2 aromatic heterocycles. The number of hydrogen-bond acceptors (Lipinski definition) is 6. The molecule has 2 aromatic carbocycles. The lowest BCUT2D eigenvalue weighted by Crippen LogP contribution is -2.22. The van der Waals surface area contributed by atoms with Gasteiger partial charge in [0.1, 0.15) is 11.6 Å². The molecule has 0 saturated carbocycles. The molecular weight excluding hydrogens is 398 g/mol. The van der Waals surface area contributed by atoms with Crippen molar-refractivity contribution in [2.45, 2.75) is 13.8 Å². The normalized spacial score (nSPS) is 10.8. The number of anilines is 1. The first-order valence-corrected chi connectivity index (χ1v) is 9.51. The van der Waals surface area contributed by atoms with E-state index >= 15 is 0 Å². The van der Waals surface area contributed by atoms with Gasteiger partial charge >= 0.3 is 0 Å². The van der Waals surface area contributed by atoms with Gasteiger partial charge in [0.25, 0.3) is 11.6 Å². The van der Waals surface area contributed by atoms with E-state index in [1.165, 1.54) is 24.3 Å². The van der Waals surface area contributed by atoms with Crippen molar-refractivity contribution < 1.29 is 14.5 Å². The molecule has 0 spiro atoms. The summed E-state index contributed by atoms with van der Waals surface area (Å²) in [6.07, 6.45) is 0. The number of aryl methyl sites for hydroxylation is 2. The Kier molecular flexibility index (Phi) is 5.31. The topological polar surface area (TPSA) is 112 Å². The zero-order chi connectivity index (χ0) is 22.0. The number of nitro groups is 1. The molecule has 1 amide bonds. The van der Waals surface area contributed by atoms with Crippen LogP contribution in [0.5, 0.6) is 5.75 Å². The van der Waals surface area contributed by atoms with Crippen LogP contribution in [0.1, 0.15) is 11.3 Å². The van der Waals surface area contributed by atoms with Crippen molar-refractivity contribution in [3.8, 4) is 11.6 Å². The molecule has 0 radical (unpaired) electrons. The second-order valence-electron chi connectivity index (χ2n) is 6.99. The zero-order valence-corrected chi connectivity index (χ0v) is 16.9. The fraction of sp³-hybridized carbons (Fsp3) is 0.136. The van der Waals surface area contributed by atoms with E-state index in [2.05, 4.69) is 15.4 Å². The maximum Gasteiger partial charge on any atom is 0.269 e. The van der Waals surface area contributed by atoms with Gasteiger partial charge in [-0.25, -0.2) is 4.98 Å². The number of ether oxygens (including phenoxy) is 1. The number of nitrogens with one attached hydrogen (secondary N) is 1. The van der Waals surface area contributed by atoms with Gasteiger partial charge in [0.2, 0.25) is 0 Å². The van der Waals surface area contributed by atoms with E-state index in [9.17, 15) is 14.9 Å². The van der Waals surface area contributed by atoms with Gasteiger partial charge in [0.15, 0.2) is 12.4 Å². The largest absolute Gasteiger partial charge is 0.484 e. The molecule has 1 N–H and O–H groups in total. The molecule has 0 bridgehead atoms. The van der Waals surface area contributed by atoms with E-state index in [1.807, 2.05) is 44.2 Å². The average Bonchev–Trinajstić information content (AvgIpc) is 3.12. The minimum atomic E-state index is -0.498. The summed E-state index contributed by atoms with van der Waals surface area (Å²) in [5, 5.41) is 19.0. The highest BCUT2D eigenvalue weighted by Crippen LogP contribution is 2.22. The first kappa shape index (κ1) is 20.0. The monoisotopic (exact) mass is 417 g/mol. The van der Waals surface area contributed by atoms with Gasteiger partial charge in [0, 0.05) is 23.6 Å². The minimum absolute atomic E-state index is 0.0469. The highest BCUT2D eigenvalue weighted by Gasteiger charge is 2.14. The number of nitro benzene ring substituents is 1. The van der Waals surface area contributed by atoms with E-state index in [-0.39, 0.29) is 12.3 Å². The summed E-state index contributed by atoms with van der Waals surface area (Å²) in [7, 11) is 0.